The van der Waals surface area contributed by atoms with Gasteiger partial charge in [-0.05, 0) is 38.5 Å². The number of quaternary nitrogens is 1. The van der Waals surface area contributed by atoms with Gasteiger partial charge in [0.1, 0.15) is 6.04 Å². The number of nitrogens with zero attached hydrogens (tertiary/aromatic N) is 1. The number of carbonyl (C=O) groups is 1. The summed E-state index contributed by atoms with van der Waals surface area (Å²) < 4.78 is 0.452. The Morgan fingerprint density at radius 3 is 1.62 bits per heavy atom. The molecule has 0 heterocycles. The molecular formula is C26H51NO2. The lowest BCUT2D eigenvalue weighted by atomic mass is 9.89. The SMILES string of the molecule is CCCCCCCC/C=C\CCCCCCCCC(CC)C(C(=O)[O-])[N+](C)(C)C. The summed E-state index contributed by atoms with van der Waals surface area (Å²) in [5, 5.41) is 11.6. The summed E-state index contributed by atoms with van der Waals surface area (Å²) >= 11 is 0. The number of likely N-dealkylation sites (N-methyl/N-ethyl adjacent to an activating group) is 1. The number of hydrogen-bond acceptors (Lipinski definition) is 2. The molecule has 172 valence electrons. The van der Waals surface area contributed by atoms with E-state index in [1.165, 1.54) is 83.5 Å². The van der Waals surface area contributed by atoms with Gasteiger partial charge in [-0.15, -0.1) is 0 Å². The maximum absolute atomic E-state index is 11.6. The molecule has 3 nitrogen and oxygen atoms in total. The largest absolute Gasteiger partial charge is 0.544 e. The molecule has 0 amide bonds. The van der Waals surface area contributed by atoms with E-state index in [0.29, 0.717) is 4.48 Å². The van der Waals surface area contributed by atoms with Gasteiger partial charge in [0.25, 0.3) is 0 Å². The van der Waals surface area contributed by atoms with Crippen LogP contribution in [0.2, 0.25) is 0 Å². The quantitative estimate of drug-likeness (QED) is 0.135. The first-order chi connectivity index (χ1) is 13.8. The van der Waals surface area contributed by atoms with Crippen LogP contribution in [0.25, 0.3) is 0 Å². The number of rotatable bonds is 20. The molecule has 0 spiro atoms. The molecule has 0 aromatic rings. The van der Waals surface area contributed by atoms with E-state index in [2.05, 4.69) is 26.0 Å². The fourth-order valence-corrected chi connectivity index (χ4v) is 4.38. The van der Waals surface area contributed by atoms with Gasteiger partial charge in [0, 0.05) is 5.92 Å². The van der Waals surface area contributed by atoms with Crippen LogP contribution in [0.5, 0.6) is 0 Å². The van der Waals surface area contributed by atoms with Gasteiger partial charge < -0.3 is 14.4 Å². The highest BCUT2D eigenvalue weighted by atomic mass is 16.4. The van der Waals surface area contributed by atoms with Gasteiger partial charge in [0.2, 0.25) is 0 Å². The zero-order chi connectivity index (χ0) is 22.0. The Morgan fingerprint density at radius 1 is 0.759 bits per heavy atom. The molecule has 0 aliphatic carbocycles. The second kappa shape index (κ2) is 18.0. The summed E-state index contributed by atoms with van der Waals surface area (Å²) in [7, 11) is 5.89. The first kappa shape index (κ1) is 28.2. The standard InChI is InChI=1S/C26H51NO2/c1-6-8-9-10-11-12-13-14-15-16-17-18-19-20-21-22-23-24(7-2)25(26(28)29)27(3,4)5/h14-15,24-25H,6-13,16-23H2,1-5H3/b15-14-. The Balaban J connectivity index is 3.65. The van der Waals surface area contributed by atoms with E-state index < -0.39 is 12.0 Å². The van der Waals surface area contributed by atoms with Crippen molar-refractivity contribution in [1.82, 2.24) is 0 Å². The third-order valence-corrected chi connectivity index (χ3v) is 6.13. The van der Waals surface area contributed by atoms with E-state index in [4.69, 9.17) is 0 Å². The molecular weight excluding hydrogens is 358 g/mol. The normalized spacial score (nSPS) is 14.4. The number of carbonyl (C=O) groups excluding carboxylic acids is 1. The van der Waals surface area contributed by atoms with Gasteiger partial charge in [0.05, 0.1) is 27.1 Å². The lowest BCUT2D eigenvalue weighted by molar-refractivity contribution is -0.893. The molecule has 0 aromatic carbocycles. The first-order valence-electron chi connectivity index (χ1n) is 12.5. The van der Waals surface area contributed by atoms with Crippen LogP contribution in [0.3, 0.4) is 0 Å². The van der Waals surface area contributed by atoms with Crippen molar-refractivity contribution in [3.8, 4) is 0 Å². The molecule has 0 saturated heterocycles. The maximum Gasteiger partial charge on any atom is 0.131 e. The van der Waals surface area contributed by atoms with Crippen LogP contribution in [-0.4, -0.2) is 37.6 Å². The van der Waals surface area contributed by atoms with Crippen molar-refractivity contribution in [3.63, 3.8) is 0 Å². The van der Waals surface area contributed by atoms with Crippen LogP contribution in [0.4, 0.5) is 0 Å². The second-order valence-electron chi connectivity index (χ2n) is 9.77. The van der Waals surface area contributed by atoms with Crippen LogP contribution < -0.4 is 5.11 Å². The van der Waals surface area contributed by atoms with Crippen LogP contribution in [0.15, 0.2) is 12.2 Å². The highest BCUT2D eigenvalue weighted by Crippen LogP contribution is 2.24. The summed E-state index contributed by atoms with van der Waals surface area (Å²) in [6.45, 7) is 4.38. The Morgan fingerprint density at radius 2 is 1.21 bits per heavy atom. The smallest absolute Gasteiger partial charge is 0.131 e. The molecule has 0 aliphatic rings. The van der Waals surface area contributed by atoms with Gasteiger partial charge in [-0.1, -0.05) is 90.2 Å². The molecule has 0 bridgehead atoms. The Bertz CT molecular complexity index is 411. The predicted molar refractivity (Wildman–Crippen MR) is 125 cm³/mol. The van der Waals surface area contributed by atoms with Crippen molar-refractivity contribution in [3.05, 3.63) is 12.2 Å². The van der Waals surface area contributed by atoms with Gasteiger partial charge in [-0.25, -0.2) is 0 Å². The second-order valence-corrected chi connectivity index (χ2v) is 9.77. The molecule has 0 rings (SSSR count). The number of carboxylic acid groups (broad SMARTS) is 1. The summed E-state index contributed by atoms with van der Waals surface area (Å²) in [6.07, 6.45) is 25.0. The summed E-state index contributed by atoms with van der Waals surface area (Å²) in [5.41, 5.74) is 0. The molecule has 0 saturated carbocycles. The van der Waals surface area contributed by atoms with Crippen molar-refractivity contribution in [1.29, 1.82) is 0 Å². The topological polar surface area (TPSA) is 40.1 Å². The average molecular weight is 410 g/mol. The summed E-state index contributed by atoms with van der Waals surface area (Å²) in [4.78, 5) is 11.6. The molecule has 3 heteroatoms. The van der Waals surface area contributed by atoms with Crippen LogP contribution in [-0.2, 0) is 4.79 Å². The summed E-state index contributed by atoms with van der Waals surface area (Å²) in [6, 6.07) is -0.400. The van der Waals surface area contributed by atoms with Crippen molar-refractivity contribution >= 4 is 5.97 Å². The van der Waals surface area contributed by atoms with Crippen LogP contribution in [0.1, 0.15) is 117 Å². The van der Waals surface area contributed by atoms with Crippen molar-refractivity contribution in [2.75, 3.05) is 21.1 Å². The van der Waals surface area contributed by atoms with Crippen molar-refractivity contribution < 1.29 is 14.4 Å². The van der Waals surface area contributed by atoms with E-state index in [1.54, 1.807) is 0 Å². The van der Waals surface area contributed by atoms with Crippen molar-refractivity contribution in [2.45, 2.75) is 123 Å². The molecule has 0 fully saturated rings. The van der Waals surface area contributed by atoms with E-state index >= 15 is 0 Å². The molecule has 2 unspecified atom stereocenters. The number of allylic oxidation sites excluding steroid dienone is 2. The Hall–Kier alpha value is -0.830. The average Bonchev–Trinajstić information content (AvgIpc) is 2.65. The Kier molecular flexibility index (Phi) is 17.5. The number of hydrogen-bond donors (Lipinski definition) is 0. The minimum atomic E-state index is -0.895. The van der Waals surface area contributed by atoms with Crippen molar-refractivity contribution in [2.24, 2.45) is 5.92 Å². The minimum Gasteiger partial charge on any atom is -0.544 e. The molecule has 0 aliphatic heterocycles. The van der Waals surface area contributed by atoms with Gasteiger partial charge in [-0.3, -0.25) is 0 Å². The lowest BCUT2D eigenvalue weighted by Gasteiger charge is -2.39. The molecule has 29 heavy (non-hydrogen) atoms. The van der Waals surface area contributed by atoms with Gasteiger partial charge >= 0.3 is 0 Å². The monoisotopic (exact) mass is 409 g/mol. The molecule has 0 N–H and O–H groups in total. The van der Waals surface area contributed by atoms with E-state index in [-0.39, 0.29) is 5.92 Å². The molecule has 0 radical (unpaired) electrons. The van der Waals surface area contributed by atoms with E-state index in [1.807, 2.05) is 21.1 Å². The fourth-order valence-electron chi connectivity index (χ4n) is 4.38. The fraction of sp³-hybridized carbons (Fsp3) is 0.885. The van der Waals surface area contributed by atoms with E-state index in [0.717, 1.165) is 19.3 Å². The van der Waals surface area contributed by atoms with Gasteiger partial charge in [0.15, 0.2) is 0 Å². The number of aliphatic carboxylic acids is 1. The highest BCUT2D eigenvalue weighted by molar-refractivity contribution is 5.70. The lowest BCUT2D eigenvalue weighted by Crippen LogP contribution is -2.58. The molecule has 2 atom stereocenters. The number of unbranched alkanes of at least 4 members (excludes halogenated alkanes) is 12. The predicted octanol–water partition coefficient (Wildman–Crippen LogP) is 6.26. The highest BCUT2D eigenvalue weighted by Gasteiger charge is 2.32. The zero-order valence-corrected chi connectivity index (χ0v) is 20.4. The summed E-state index contributed by atoms with van der Waals surface area (Å²) in [5.74, 6) is -0.675. The van der Waals surface area contributed by atoms with Gasteiger partial charge in [-0.2, -0.15) is 0 Å². The van der Waals surface area contributed by atoms with Crippen LogP contribution >= 0.6 is 0 Å². The first-order valence-corrected chi connectivity index (χ1v) is 12.5. The zero-order valence-electron chi connectivity index (χ0n) is 20.4. The minimum absolute atomic E-state index is 0.219. The van der Waals surface area contributed by atoms with E-state index in [9.17, 15) is 9.90 Å². The molecule has 0 aromatic heterocycles. The number of carboxylic acids is 1. The third kappa shape index (κ3) is 15.6. The maximum atomic E-state index is 11.6. The van der Waals surface area contributed by atoms with Crippen LogP contribution in [0, 0.1) is 5.92 Å². The third-order valence-electron chi connectivity index (χ3n) is 6.13. The Labute approximate surface area is 182 Å².